The van der Waals surface area contributed by atoms with Crippen LogP contribution in [-0.2, 0) is 9.59 Å². The molecule has 0 aromatic heterocycles. The van der Waals surface area contributed by atoms with Crippen LogP contribution in [-0.4, -0.2) is 24.0 Å². The molecule has 0 aliphatic carbocycles. The highest BCUT2D eigenvalue weighted by atomic mass is 16.4. The lowest BCUT2D eigenvalue weighted by Gasteiger charge is -2.23. The first kappa shape index (κ1) is 14.7. The van der Waals surface area contributed by atoms with Crippen molar-refractivity contribution in [3.8, 4) is 6.07 Å². The fourth-order valence-corrected chi connectivity index (χ4v) is 1.62. The van der Waals surface area contributed by atoms with Gasteiger partial charge in [-0.3, -0.25) is 9.59 Å². The lowest BCUT2D eigenvalue weighted by atomic mass is 9.94. The van der Waals surface area contributed by atoms with Gasteiger partial charge in [0.25, 0.3) is 0 Å². The Morgan fingerprint density at radius 3 is 2.16 bits per heavy atom. The van der Waals surface area contributed by atoms with Crippen molar-refractivity contribution in [2.75, 3.05) is 11.9 Å². The lowest BCUT2D eigenvalue weighted by molar-refractivity contribution is -0.145. The van der Waals surface area contributed by atoms with Crippen LogP contribution in [0.3, 0.4) is 0 Å². The van der Waals surface area contributed by atoms with Gasteiger partial charge in [0.1, 0.15) is 0 Å². The Labute approximate surface area is 112 Å². The molecule has 1 amide bonds. The number of nitrogens with zero attached hydrogens (tertiary/aromatic N) is 2. The summed E-state index contributed by atoms with van der Waals surface area (Å²) in [6.07, 6.45) is 0. The molecule has 1 rings (SSSR count). The number of carbonyl (C=O) groups is 2. The predicted octanol–water partition coefficient (Wildman–Crippen LogP) is 1.88. The second-order valence-corrected chi connectivity index (χ2v) is 4.47. The van der Waals surface area contributed by atoms with E-state index in [4.69, 9.17) is 10.4 Å². The number of amides is 1. The molecule has 100 valence electrons. The fourth-order valence-electron chi connectivity index (χ4n) is 1.62. The Balaban J connectivity index is 2.87. The Bertz CT molecular complexity index is 516. The van der Waals surface area contributed by atoms with Gasteiger partial charge in [-0.15, -0.1) is 0 Å². The van der Waals surface area contributed by atoms with E-state index in [1.807, 2.05) is 6.07 Å². The molecule has 2 atom stereocenters. The second kappa shape index (κ2) is 6.01. The summed E-state index contributed by atoms with van der Waals surface area (Å²) >= 11 is 0. The summed E-state index contributed by atoms with van der Waals surface area (Å²) in [5, 5.41) is 17.6. The van der Waals surface area contributed by atoms with Crippen molar-refractivity contribution >= 4 is 17.6 Å². The van der Waals surface area contributed by atoms with Gasteiger partial charge in [-0.2, -0.15) is 5.26 Å². The van der Waals surface area contributed by atoms with Crippen LogP contribution in [0.2, 0.25) is 0 Å². The Hall–Kier alpha value is -2.35. The number of benzene rings is 1. The minimum Gasteiger partial charge on any atom is -0.481 e. The van der Waals surface area contributed by atoms with Gasteiger partial charge in [0.2, 0.25) is 5.91 Å². The highest BCUT2D eigenvalue weighted by Gasteiger charge is 2.28. The van der Waals surface area contributed by atoms with Crippen LogP contribution in [0.15, 0.2) is 24.3 Å². The molecule has 0 saturated carbocycles. The van der Waals surface area contributed by atoms with Crippen molar-refractivity contribution in [2.24, 2.45) is 11.8 Å². The maximum Gasteiger partial charge on any atom is 0.307 e. The van der Waals surface area contributed by atoms with E-state index >= 15 is 0 Å². The lowest BCUT2D eigenvalue weighted by Crippen LogP contribution is -2.36. The van der Waals surface area contributed by atoms with E-state index in [9.17, 15) is 9.59 Å². The van der Waals surface area contributed by atoms with Crippen LogP contribution in [0.4, 0.5) is 5.69 Å². The first-order valence-corrected chi connectivity index (χ1v) is 5.89. The zero-order chi connectivity index (χ0) is 14.6. The quantitative estimate of drug-likeness (QED) is 0.896. The van der Waals surface area contributed by atoms with E-state index in [0.29, 0.717) is 11.3 Å². The zero-order valence-corrected chi connectivity index (χ0v) is 11.1. The summed E-state index contributed by atoms with van der Waals surface area (Å²) in [4.78, 5) is 24.4. The number of hydrogen-bond donors (Lipinski definition) is 1. The smallest absolute Gasteiger partial charge is 0.307 e. The predicted molar refractivity (Wildman–Crippen MR) is 70.5 cm³/mol. The third-order valence-electron chi connectivity index (χ3n) is 3.24. The van der Waals surface area contributed by atoms with E-state index in [-0.39, 0.29) is 5.91 Å². The Kier molecular flexibility index (Phi) is 4.65. The molecule has 1 aromatic carbocycles. The summed E-state index contributed by atoms with van der Waals surface area (Å²) in [5.74, 6) is -2.61. The van der Waals surface area contributed by atoms with E-state index in [2.05, 4.69) is 0 Å². The molecule has 0 aliphatic rings. The van der Waals surface area contributed by atoms with E-state index < -0.39 is 17.8 Å². The van der Waals surface area contributed by atoms with Crippen molar-refractivity contribution in [3.63, 3.8) is 0 Å². The summed E-state index contributed by atoms with van der Waals surface area (Å²) < 4.78 is 0. The molecule has 19 heavy (non-hydrogen) atoms. The number of hydrogen-bond acceptors (Lipinski definition) is 3. The Morgan fingerprint density at radius 1 is 1.21 bits per heavy atom. The molecule has 5 nitrogen and oxygen atoms in total. The van der Waals surface area contributed by atoms with Gasteiger partial charge in [-0.05, 0) is 24.3 Å². The number of anilines is 1. The highest BCUT2D eigenvalue weighted by molar-refractivity contribution is 5.96. The summed E-state index contributed by atoms with van der Waals surface area (Å²) in [6.45, 7) is 3.11. The second-order valence-electron chi connectivity index (χ2n) is 4.47. The molecular weight excluding hydrogens is 244 g/mol. The molecule has 0 spiro atoms. The molecule has 1 N–H and O–H groups in total. The Morgan fingerprint density at radius 2 is 1.74 bits per heavy atom. The molecule has 1 aromatic rings. The highest BCUT2D eigenvalue weighted by Crippen LogP contribution is 2.19. The molecule has 0 heterocycles. The van der Waals surface area contributed by atoms with Crippen molar-refractivity contribution in [1.29, 1.82) is 5.26 Å². The largest absolute Gasteiger partial charge is 0.481 e. The van der Waals surface area contributed by atoms with Crippen LogP contribution >= 0.6 is 0 Å². The molecule has 0 aliphatic heterocycles. The van der Waals surface area contributed by atoms with Crippen LogP contribution in [0.25, 0.3) is 0 Å². The van der Waals surface area contributed by atoms with Gasteiger partial charge in [0, 0.05) is 18.7 Å². The van der Waals surface area contributed by atoms with E-state index in [1.165, 1.54) is 11.8 Å². The maximum absolute atomic E-state index is 12.1. The number of carbonyl (C=O) groups excluding carboxylic acids is 1. The van der Waals surface area contributed by atoms with Crippen LogP contribution in [0.1, 0.15) is 19.4 Å². The standard InChI is InChI=1S/C14H16N2O3/c1-9(10(2)14(18)19)13(17)16(3)12-6-4-11(8-15)5-7-12/h4-7,9-10H,1-3H3,(H,18,19). The van der Waals surface area contributed by atoms with Crippen molar-refractivity contribution in [2.45, 2.75) is 13.8 Å². The monoisotopic (exact) mass is 260 g/mol. The number of rotatable bonds is 4. The molecule has 0 saturated heterocycles. The van der Waals surface area contributed by atoms with Crippen molar-refractivity contribution in [1.82, 2.24) is 0 Å². The minimum absolute atomic E-state index is 0.264. The van der Waals surface area contributed by atoms with E-state index in [1.54, 1.807) is 38.2 Å². The minimum atomic E-state index is -0.992. The van der Waals surface area contributed by atoms with Gasteiger partial charge in [-0.25, -0.2) is 0 Å². The first-order chi connectivity index (χ1) is 8.88. The van der Waals surface area contributed by atoms with Gasteiger partial charge >= 0.3 is 5.97 Å². The van der Waals surface area contributed by atoms with Crippen LogP contribution in [0.5, 0.6) is 0 Å². The fraction of sp³-hybridized carbons (Fsp3) is 0.357. The average Bonchev–Trinajstić information content (AvgIpc) is 2.44. The van der Waals surface area contributed by atoms with Crippen molar-refractivity contribution in [3.05, 3.63) is 29.8 Å². The van der Waals surface area contributed by atoms with Crippen molar-refractivity contribution < 1.29 is 14.7 Å². The topological polar surface area (TPSA) is 81.4 Å². The maximum atomic E-state index is 12.1. The van der Waals surface area contributed by atoms with Gasteiger partial charge < -0.3 is 10.0 Å². The number of carboxylic acid groups (broad SMARTS) is 1. The molecular formula is C14H16N2O3. The van der Waals surface area contributed by atoms with Gasteiger partial charge in [0.15, 0.2) is 0 Å². The van der Waals surface area contributed by atoms with Crippen LogP contribution < -0.4 is 4.90 Å². The molecule has 0 bridgehead atoms. The van der Waals surface area contributed by atoms with Crippen LogP contribution in [0, 0.1) is 23.2 Å². The SMILES string of the molecule is CC(C(=O)O)C(C)C(=O)N(C)c1ccc(C#N)cc1. The summed E-state index contributed by atoms with van der Waals surface area (Å²) in [7, 11) is 1.59. The molecule has 0 fully saturated rings. The van der Waals surface area contributed by atoms with Gasteiger partial charge in [-0.1, -0.05) is 13.8 Å². The zero-order valence-electron chi connectivity index (χ0n) is 11.1. The third-order valence-corrected chi connectivity index (χ3v) is 3.24. The molecule has 0 radical (unpaired) electrons. The van der Waals surface area contributed by atoms with Gasteiger partial charge in [0.05, 0.1) is 17.6 Å². The normalized spacial score (nSPS) is 13.2. The summed E-state index contributed by atoms with van der Waals surface area (Å²) in [5.41, 5.74) is 1.14. The number of nitriles is 1. The number of aliphatic carboxylic acids is 1. The molecule has 5 heteroatoms. The first-order valence-electron chi connectivity index (χ1n) is 5.89. The average molecular weight is 260 g/mol. The number of carboxylic acids is 1. The summed E-state index contributed by atoms with van der Waals surface area (Å²) in [6, 6.07) is 8.55. The molecule has 2 unspecified atom stereocenters. The van der Waals surface area contributed by atoms with E-state index in [0.717, 1.165) is 0 Å². The third kappa shape index (κ3) is 3.32.